The molecule has 11 nitrogen and oxygen atoms in total. The maximum absolute atomic E-state index is 13.3. The molecule has 3 rings (SSSR count). The molecule has 2 aromatic rings. The molecule has 1 aromatic heterocycles. The molecule has 0 spiro atoms. The Balaban J connectivity index is 1.99. The number of carbonyl (C=O) groups excluding carboxylic acids is 4. The first-order valence-electron chi connectivity index (χ1n) is 11.0. The van der Waals surface area contributed by atoms with Crippen LogP contribution < -0.4 is 19.5 Å². The van der Waals surface area contributed by atoms with Gasteiger partial charge in [0.05, 0.1) is 34.0 Å². The molecule has 1 N–H and O–H groups in total. The molecule has 1 aromatic carbocycles. The van der Waals surface area contributed by atoms with Crippen molar-refractivity contribution in [1.29, 1.82) is 0 Å². The maximum Gasteiger partial charge on any atom is 0.308 e. The Labute approximate surface area is 213 Å². The number of amides is 1. The lowest BCUT2D eigenvalue weighted by atomic mass is 9.88. The van der Waals surface area contributed by atoms with Gasteiger partial charge in [-0.25, -0.2) is 0 Å². The van der Waals surface area contributed by atoms with Crippen molar-refractivity contribution in [2.75, 3.05) is 33.8 Å². The van der Waals surface area contributed by atoms with Crippen LogP contribution in [0.15, 0.2) is 53.0 Å². The minimum atomic E-state index is -0.626. The molecule has 37 heavy (non-hydrogen) atoms. The SMILES string of the molecule is COC1=C(OC)C(=O)C(Cc2ccc(OC(C)=O)c(C(=O)Nc3ccc(OC)nc3OC)c2)=C(C)C1=O. The number of nitrogens with zero attached hydrogens (tertiary/aromatic N) is 1. The van der Waals surface area contributed by atoms with Crippen molar-refractivity contribution >= 4 is 29.1 Å². The molecule has 1 amide bonds. The number of nitrogens with one attached hydrogen (secondary N) is 1. The molecule has 194 valence electrons. The predicted octanol–water partition coefficient (Wildman–Crippen LogP) is 2.79. The van der Waals surface area contributed by atoms with Gasteiger partial charge in [0, 0.05) is 30.6 Å². The number of aromatic nitrogens is 1. The third-order valence-electron chi connectivity index (χ3n) is 5.50. The summed E-state index contributed by atoms with van der Waals surface area (Å²) in [4.78, 5) is 54.8. The second kappa shape index (κ2) is 11.4. The number of pyridine rings is 1. The molecule has 0 aliphatic heterocycles. The molecule has 0 atom stereocenters. The predicted molar refractivity (Wildman–Crippen MR) is 131 cm³/mol. The van der Waals surface area contributed by atoms with E-state index in [-0.39, 0.29) is 57.8 Å². The first-order valence-corrected chi connectivity index (χ1v) is 11.0. The van der Waals surface area contributed by atoms with Crippen molar-refractivity contribution in [1.82, 2.24) is 4.98 Å². The second-order valence-electron chi connectivity index (χ2n) is 7.79. The van der Waals surface area contributed by atoms with Crippen LogP contribution in [0.5, 0.6) is 17.5 Å². The van der Waals surface area contributed by atoms with Crippen LogP contribution in [0.3, 0.4) is 0 Å². The molecule has 0 saturated heterocycles. The van der Waals surface area contributed by atoms with Crippen molar-refractivity contribution in [2.24, 2.45) is 0 Å². The molecule has 0 radical (unpaired) electrons. The van der Waals surface area contributed by atoms with Crippen LogP contribution in [0.1, 0.15) is 29.8 Å². The smallest absolute Gasteiger partial charge is 0.308 e. The standard InChI is InChI=1S/C26H26N2O9/c1-13-16(22(31)24(35-5)23(34-4)21(13)30)11-15-7-9-19(37-14(2)29)17(12-15)25(32)27-18-8-10-20(33-3)28-26(18)36-6/h7-10,12H,11H2,1-6H3,(H,27,32). The van der Waals surface area contributed by atoms with Crippen LogP contribution >= 0.6 is 0 Å². The minimum Gasteiger partial charge on any atom is -0.489 e. The summed E-state index contributed by atoms with van der Waals surface area (Å²) in [6.07, 6.45) is 0.00824. The highest BCUT2D eigenvalue weighted by Gasteiger charge is 2.34. The zero-order chi connectivity index (χ0) is 27.3. The summed E-state index contributed by atoms with van der Waals surface area (Å²) in [6.45, 7) is 2.73. The van der Waals surface area contributed by atoms with Gasteiger partial charge < -0.3 is 29.0 Å². The normalized spacial score (nSPS) is 13.4. The third kappa shape index (κ3) is 5.61. The Hall–Kier alpha value is -4.67. The van der Waals surface area contributed by atoms with E-state index in [0.29, 0.717) is 5.56 Å². The van der Waals surface area contributed by atoms with Gasteiger partial charge in [-0.05, 0) is 30.7 Å². The first-order chi connectivity index (χ1) is 17.6. The highest BCUT2D eigenvalue weighted by atomic mass is 16.5. The number of methoxy groups -OCH3 is 4. The number of ketones is 2. The summed E-state index contributed by atoms with van der Waals surface area (Å²) in [5.74, 6) is -2.18. The van der Waals surface area contributed by atoms with E-state index in [9.17, 15) is 19.2 Å². The number of carbonyl (C=O) groups is 4. The summed E-state index contributed by atoms with van der Waals surface area (Å²) in [5.41, 5.74) is 1.16. The number of Topliss-reactive ketones (excluding diaryl/α,β-unsaturated/α-hetero) is 2. The van der Waals surface area contributed by atoms with Crippen molar-refractivity contribution in [2.45, 2.75) is 20.3 Å². The zero-order valence-electron chi connectivity index (χ0n) is 21.2. The molecule has 0 fully saturated rings. The van der Waals surface area contributed by atoms with Crippen LogP contribution in [-0.2, 0) is 30.3 Å². The number of hydrogen-bond donors (Lipinski definition) is 1. The van der Waals surface area contributed by atoms with Crippen molar-refractivity contribution in [3.05, 3.63) is 64.1 Å². The molecule has 0 bridgehead atoms. The quantitative estimate of drug-likeness (QED) is 0.304. The van der Waals surface area contributed by atoms with Gasteiger partial charge in [0.1, 0.15) is 11.4 Å². The molecule has 0 unspecified atom stereocenters. The van der Waals surface area contributed by atoms with Crippen molar-refractivity contribution in [3.8, 4) is 17.5 Å². The van der Waals surface area contributed by atoms with Gasteiger partial charge in [-0.1, -0.05) is 6.07 Å². The summed E-state index contributed by atoms with van der Waals surface area (Å²) in [7, 11) is 5.39. The number of anilines is 1. The Morgan fingerprint density at radius 1 is 0.892 bits per heavy atom. The lowest BCUT2D eigenvalue weighted by Crippen LogP contribution is -2.26. The van der Waals surface area contributed by atoms with Crippen LogP contribution in [0.4, 0.5) is 5.69 Å². The van der Waals surface area contributed by atoms with Crippen LogP contribution in [0.2, 0.25) is 0 Å². The topological polar surface area (TPSA) is 139 Å². The minimum absolute atomic E-state index is 0.00471. The van der Waals surface area contributed by atoms with Gasteiger partial charge in [-0.2, -0.15) is 4.98 Å². The fourth-order valence-corrected chi connectivity index (χ4v) is 3.69. The van der Waals surface area contributed by atoms with Crippen LogP contribution in [0, 0.1) is 0 Å². The Kier molecular flexibility index (Phi) is 8.28. The Morgan fingerprint density at radius 2 is 1.57 bits per heavy atom. The van der Waals surface area contributed by atoms with E-state index in [2.05, 4.69) is 10.3 Å². The van der Waals surface area contributed by atoms with E-state index in [1.54, 1.807) is 12.1 Å². The van der Waals surface area contributed by atoms with E-state index >= 15 is 0 Å². The highest BCUT2D eigenvalue weighted by molar-refractivity contribution is 6.23. The first kappa shape index (κ1) is 26.9. The highest BCUT2D eigenvalue weighted by Crippen LogP contribution is 2.31. The maximum atomic E-state index is 13.3. The van der Waals surface area contributed by atoms with Gasteiger partial charge in [-0.3, -0.25) is 19.2 Å². The average molecular weight is 510 g/mol. The summed E-state index contributed by atoms with van der Waals surface area (Å²) in [5, 5.41) is 2.68. The molecular formula is C26H26N2O9. The molecule has 1 heterocycles. The van der Waals surface area contributed by atoms with Gasteiger partial charge in [0.15, 0.2) is 0 Å². The summed E-state index contributed by atoms with van der Waals surface area (Å²) in [6, 6.07) is 7.58. The van der Waals surface area contributed by atoms with E-state index < -0.39 is 23.4 Å². The number of ether oxygens (including phenoxy) is 5. The zero-order valence-corrected chi connectivity index (χ0v) is 21.2. The number of rotatable bonds is 9. The third-order valence-corrected chi connectivity index (χ3v) is 5.50. The summed E-state index contributed by atoms with van der Waals surface area (Å²) < 4.78 is 25.7. The number of allylic oxidation sites excluding steroid dienone is 2. The monoisotopic (exact) mass is 510 g/mol. The van der Waals surface area contributed by atoms with Gasteiger partial charge in [0.2, 0.25) is 34.8 Å². The molecule has 11 heteroatoms. The molecule has 1 aliphatic carbocycles. The van der Waals surface area contributed by atoms with E-state index in [1.165, 1.54) is 60.5 Å². The van der Waals surface area contributed by atoms with Crippen LogP contribution in [-0.4, -0.2) is 56.9 Å². The average Bonchev–Trinajstić information content (AvgIpc) is 2.89. The fourth-order valence-electron chi connectivity index (χ4n) is 3.69. The van der Waals surface area contributed by atoms with E-state index in [4.69, 9.17) is 23.7 Å². The van der Waals surface area contributed by atoms with Crippen LogP contribution in [0.25, 0.3) is 0 Å². The van der Waals surface area contributed by atoms with Gasteiger partial charge in [0.25, 0.3) is 5.91 Å². The fraction of sp³-hybridized carbons (Fsp3) is 0.269. The van der Waals surface area contributed by atoms with E-state index in [0.717, 1.165) is 0 Å². The number of hydrogen-bond acceptors (Lipinski definition) is 10. The molecular weight excluding hydrogens is 484 g/mol. The lowest BCUT2D eigenvalue weighted by Gasteiger charge is -2.20. The van der Waals surface area contributed by atoms with E-state index in [1.807, 2.05) is 0 Å². The second-order valence-corrected chi connectivity index (χ2v) is 7.79. The molecule has 1 aliphatic rings. The van der Waals surface area contributed by atoms with Crippen molar-refractivity contribution in [3.63, 3.8) is 0 Å². The Morgan fingerprint density at radius 3 is 2.16 bits per heavy atom. The Bertz CT molecular complexity index is 1340. The molecule has 0 saturated carbocycles. The number of benzene rings is 1. The van der Waals surface area contributed by atoms with Gasteiger partial charge in [-0.15, -0.1) is 0 Å². The van der Waals surface area contributed by atoms with Gasteiger partial charge >= 0.3 is 5.97 Å². The summed E-state index contributed by atoms with van der Waals surface area (Å²) >= 11 is 0. The number of esters is 1. The largest absolute Gasteiger partial charge is 0.489 e. The van der Waals surface area contributed by atoms with Crippen molar-refractivity contribution < 1.29 is 42.9 Å². The lowest BCUT2D eigenvalue weighted by molar-refractivity contribution is -0.131.